The lowest BCUT2D eigenvalue weighted by molar-refractivity contribution is -0.121. The molecule has 0 saturated carbocycles. The molecule has 4 heteroatoms. The molecule has 0 spiro atoms. The van der Waals surface area contributed by atoms with Gasteiger partial charge in [-0.05, 0) is 38.5 Å². The fourth-order valence-electron chi connectivity index (χ4n) is 1.18. The Morgan fingerprint density at radius 2 is 2.19 bits per heavy atom. The van der Waals surface area contributed by atoms with Gasteiger partial charge in [-0.1, -0.05) is 6.07 Å². The van der Waals surface area contributed by atoms with Crippen LogP contribution in [-0.2, 0) is 9.53 Å². The van der Waals surface area contributed by atoms with Crippen LogP contribution in [-0.4, -0.2) is 23.7 Å². The molecule has 0 atom stereocenters. The van der Waals surface area contributed by atoms with E-state index < -0.39 is 0 Å². The van der Waals surface area contributed by atoms with Gasteiger partial charge in [0.15, 0.2) is 0 Å². The maximum absolute atomic E-state index is 11.4. The molecule has 0 aromatic heterocycles. The van der Waals surface area contributed by atoms with Crippen LogP contribution in [0.1, 0.15) is 19.4 Å². The van der Waals surface area contributed by atoms with Gasteiger partial charge in [-0.25, -0.2) is 0 Å². The number of hydrogen-bond donors (Lipinski definition) is 2. The van der Waals surface area contributed by atoms with Gasteiger partial charge in [0.2, 0.25) is 5.91 Å². The first-order chi connectivity index (χ1) is 7.49. The molecule has 0 aliphatic carbocycles. The number of amides is 1. The van der Waals surface area contributed by atoms with E-state index >= 15 is 0 Å². The Labute approximate surface area is 95.2 Å². The van der Waals surface area contributed by atoms with Crippen LogP contribution in [0.25, 0.3) is 0 Å². The van der Waals surface area contributed by atoms with Gasteiger partial charge in [0.05, 0.1) is 11.8 Å². The lowest BCUT2D eigenvalue weighted by Crippen LogP contribution is -2.20. The van der Waals surface area contributed by atoms with Crippen LogP contribution >= 0.6 is 0 Å². The summed E-state index contributed by atoms with van der Waals surface area (Å²) in [4.78, 5) is 11.4. The van der Waals surface area contributed by atoms with Gasteiger partial charge in [0.1, 0.15) is 12.4 Å². The van der Waals surface area contributed by atoms with Gasteiger partial charge in [0, 0.05) is 0 Å². The number of rotatable bonds is 4. The van der Waals surface area contributed by atoms with Gasteiger partial charge in [0.25, 0.3) is 0 Å². The Bertz CT molecular complexity index is 375. The molecule has 1 rings (SSSR count). The summed E-state index contributed by atoms with van der Waals surface area (Å²) in [5, 5.41) is 12.1. The molecule has 0 heterocycles. The van der Waals surface area contributed by atoms with Crippen LogP contribution in [0.2, 0.25) is 0 Å². The summed E-state index contributed by atoms with van der Waals surface area (Å²) < 4.78 is 5.15. The van der Waals surface area contributed by atoms with Gasteiger partial charge < -0.3 is 15.2 Å². The van der Waals surface area contributed by atoms with E-state index in [1.807, 2.05) is 26.8 Å². The SMILES string of the molecule is Cc1ccc(NC(=O)COC(C)C)c(O)c1. The van der Waals surface area contributed by atoms with Crippen molar-refractivity contribution in [3.8, 4) is 5.75 Å². The Balaban J connectivity index is 2.56. The third-order valence-corrected chi connectivity index (χ3v) is 1.98. The summed E-state index contributed by atoms with van der Waals surface area (Å²) in [6, 6.07) is 5.08. The van der Waals surface area contributed by atoms with Crippen LogP contribution < -0.4 is 5.32 Å². The molecule has 0 saturated heterocycles. The Morgan fingerprint density at radius 1 is 1.50 bits per heavy atom. The average molecular weight is 223 g/mol. The molecule has 1 aromatic rings. The van der Waals surface area contributed by atoms with Gasteiger partial charge in [-0.15, -0.1) is 0 Å². The second kappa shape index (κ2) is 5.51. The van der Waals surface area contributed by atoms with E-state index in [0.29, 0.717) is 5.69 Å². The molecule has 88 valence electrons. The number of phenolic OH excluding ortho intramolecular Hbond substituents is 1. The molecule has 0 bridgehead atoms. The summed E-state index contributed by atoms with van der Waals surface area (Å²) >= 11 is 0. The van der Waals surface area contributed by atoms with Crippen molar-refractivity contribution in [2.24, 2.45) is 0 Å². The standard InChI is InChI=1S/C12H17NO3/c1-8(2)16-7-12(15)13-10-5-4-9(3)6-11(10)14/h4-6,8,14H,7H2,1-3H3,(H,13,15). The lowest BCUT2D eigenvalue weighted by Gasteiger charge is -2.09. The molecule has 2 N–H and O–H groups in total. The number of aryl methyl sites for hydroxylation is 1. The van der Waals surface area contributed by atoms with Crippen molar-refractivity contribution in [3.05, 3.63) is 23.8 Å². The largest absolute Gasteiger partial charge is 0.506 e. The van der Waals surface area contributed by atoms with Crippen molar-refractivity contribution in [1.82, 2.24) is 0 Å². The lowest BCUT2D eigenvalue weighted by atomic mass is 10.2. The molecular weight excluding hydrogens is 206 g/mol. The number of anilines is 1. The third-order valence-electron chi connectivity index (χ3n) is 1.98. The molecule has 4 nitrogen and oxygen atoms in total. The molecule has 0 aliphatic rings. The predicted molar refractivity (Wildman–Crippen MR) is 62.6 cm³/mol. The first-order valence-corrected chi connectivity index (χ1v) is 5.20. The second-order valence-electron chi connectivity index (χ2n) is 3.93. The second-order valence-corrected chi connectivity index (χ2v) is 3.93. The van der Waals surface area contributed by atoms with Crippen LogP contribution in [0.15, 0.2) is 18.2 Å². The van der Waals surface area contributed by atoms with Gasteiger partial charge in [-0.2, -0.15) is 0 Å². The minimum absolute atomic E-state index is 0.00895. The Kier molecular flexibility index (Phi) is 4.31. The highest BCUT2D eigenvalue weighted by Gasteiger charge is 2.07. The zero-order valence-electron chi connectivity index (χ0n) is 9.78. The molecule has 0 aliphatic heterocycles. The molecule has 1 aromatic carbocycles. The van der Waals surface area contributed by atoms with E-state index in [-0.39, 0.29) is 24.4 Å². The van der Waals surface area contributed by atoms with Crippen LogP contribution in [0.3, 0.4) is 0 Å². The topological polar surface area (TPSA) is 58.6 Å². The number of nitrogens with one attached hydrogen (secondary N) is 1. The number of benzene rings is 1. The summed E-state index contributed by atoms with van der Waals surface area (Å²) in [7, 11) is 0. The summed E-state index contributed by atoms with van der Waals surface area (Å²) in [5.41, 5.74) is 1.34. The quantitative estimate of drug-likeness (QED) is 0.768. The van der Waals surface area contributed by atoms with E-state index in [9.17, 15) is 9.90 Å². The average Bonchev–Trinajstić information content (AvgIpc) is 2.19. The highest BCUT2D eigenvalue weighted by molar-refractivity contribution is 5.93. The molecule has 16 heavy (non-hydrogen) atoms. The maximum atomic E-state index is 11.4. The monoisotopic (exact) mass is 223 g/mol. The molecule has 0 fully saturated rings. The van der Waals surface area contributed by atoms with E-state index in [1.165, 1.54) is 0 Å². The number of carbonyl (C=O) groups is 1. The Morgan fingerprint density at radius 3 is 2.75 bits per heavy atom. The van der Waals surface area contributed by atoms with Crippen LogP contribution in [0.5, 0.6) is 5.75 Å². The van der Waals surface area contributed by atoms with Crippen LogP contribution in [0, 0.1) is 6.92 Å². The maximum Gasteiger partial charge on any atom is 0.250 e. The number of phenols is 1. The molecular formula is C12H17NO3. The van der Waals surface area contributed by atoms with Crippen molar-refractivity contribution in [2.75, 3.05) is 11.9 Å². The number of aromatic hydroxyl groups is 1. The van der Waals surface area contributed by atoms with Crippen LogP contribution in [0.4, 0.5) is 5.69 Å². The fraction of sp³-hybridized carbons (Fsp3) is 0.417. The molecule has 1 amide bonds. The normalized spacial score (nSPS) is 10.5. The van der Waals surface area contributed by atoms with E-state index in [4.69, 9.17) is 4.74 Å². The highest BCUT2D eigenvalue weighted by Crippen LogP contribution is 2.23. The van der Waals surface area contributed by atoms with Crippen molar-refractivity contribution in [2.45, 2.75) is 26.9 Å². The number of ether oxygens (including phenoxy) is 1. The van der Waals surface area contributed by atoms with E-state index in [0.717, 1.165) is 5.56 Å². The predicted octanol–water partition coefficient (Wildman–Crippen LogP) is 2.06. The summed E-state index contributed by atoms with van der Waals surface area (Å²) in [6.07, 6.45) is 0.0114. The molecule has 0 radical (unpaired) electrons. The van der Waals surface area contributed by atoms with Gasteiger partial charge >= 0.3 is 0 Å². The van der Waals surface area contributed by atoms with E-state index in [2.05, 4.69) is 5.32 Å². The minimum atomic E-state index is -0.271. The first kappa shape index (κ1) is 12.5. The first-order valence-electron chi connectivity index (χ1n) is 5.20. The van der Waals surface area contributed by atoms with Crippen molar-refractivity contribution >= 4 is 11.6 Å². The minimum Gasteiger partial charge on any atom is -0.506 e. The number of carbonyl (C=O) groups excluding carboxylic acids is 1. The van der Waals surface area contributed by atoms with E-state index in [1.54, 1.807) is 12.1 Å². The highest BCUT2D eigenvalue weighted by atomic mass is 16.5. The van der Waals surface area contributed by atoms with Crippen molar-refractivity contribution < 1.29 is 14.6 Å². The Hall–Kier alpha value is -1.55. The fourth-order valence-corrected chi connectivity index (χ4v) is 1.18. The smallest absolute Gasteiger partial charge is 0.250 e. The summed E-state index contributed by atoms with van der Waals surface area (Å²) in [6.45, 7) is 5.57. The third kappa shape index (κ3) is 3.90. The van der Waals surface area contributed by atoms with Gasteiger partial charge in [-0.3, -0.25) is 4.79 Å². The zero-order chi connectivity index (χ0) is 12.1. The van der Waals surface area contributed by atoms with Crippen molar-refractivity contribution in [1.29, 1.82) is 0 Å². The molecule has 0 unspecified atom stereocenters. The van der Waals surface area contributed by atoms with Crippen molar-refractivity contribution in [3.63, 3.8) is 0 Å². The number of hydrogen-bond acceptors (Lipinski definition) is 3. The summed E-state index contributed by atoms with van der Waals surface area (Å²) in [5.74, 6) is -0.203. The zero-order valence-corrected chi connectivity index (χ0v) is 9.78.